The molecule has 0 saturated carbocycles. The van der Waals surface area contributed by atoms with Gasteiger partial charge in [-0.05, 0) is 36.8 Å². The van der Waals surface area contributed by atoms with Gasteiger partial charge < -0.3 is 4.42 Å². The van der Waals surface area contributed by atoms with Crippen LogP contribution in [0, 0.1) is 6.92 Å². The van der Waals surface area contributed by atoms with Crippen molar-refractivity contribution in [3.8, 4) is 23.2 Å². The Hall–Kier alpha value is -3.06. The molecule has 0 amide bonds. The number of hydrogen-bond acceptors (Lipinski definition) is 6. The molecule has 8 heteroatoms. The summed E-state index contributed by atoms with van der Waals surface area (Å²) in [6.45, 7) is 2.40. The highest BCUT2D eigenvalue weighted by Gasteiger charge is 2.16. The van der Waals surface area contributed by atoms with Gasteiger partial charge in [0.15, 0.2) is 0 Å². The molecule has 0 unspecified atom stereocenters. The van der Waals surface area contributed by atoms with E-state index in [1.807, 2.05) is 43.3 Å². The van der Waals surface area contributed by atoms with Gasteiger partial charge in [0, 0.05) is 11.8 Å². The van der Waals surface area contributed by atoms with Gasteiger partial charge in [-0.2, -0.15) is 0 Å². The zero-order valence-electron chi connectivity index (χ0n) is 13.3. The minimum atomic E-state index is 0.286. The van der Waals surface area contributed by atoms with Gasteiger partial charge in [0.25, 0.3) is 5.89 Å². The lowest BCUT2D eigenvalue weighted by atomic mass is 10.2. The minimum Gasteiger partial charge on any atom is -0.413 e. The van der Waals surface area contributed by atoms with E-state index in [1.165, 1.54) is 0 Å². The third kappa shape index (κ3) is 3.27. The molecule has 7 nitrogen and oxygen atoms in total. The smallest absolute Gasteiger partial charge is 0.287 e. The minimum absolute atomic E-state index is 0.286. The molecule has 25 heavy (non-hydrogen) atoms. The molecule has 0 bridgehead atoms. The number of benzene rings is 1. The molecule has 0 radical (unpaired) electrons. The number of hydrogen-bond donors (Lipinski definition) is 0. The van der Waals surface area contributed by atoms with Crippen LogP contribution in [0.1, 0.15) is 11.4 Å². The summed E-state index contributed by atoms with van der Waals surface area (Å²) in [5, 5.41) is 13.0. The predicted octanol–water partition coefficient (Wildman–Crippen LogP) is 3.40. The Morgan fingerprint density at radius 2 is 1.88 bits per heavy atom. The van der Waals surface area contributed by atoms with Gasteiger partial charge in [-0.1, -0.05) is 29.8 Å². The first kappa shape index (κ1) is 15.5. The van der Waals surface area contributed by atoms with E-state index in [0.717, 1.165) is 17.0 Å². The zero-order chi connectivity index (χ0) is 17.2. The van der Waals surface area contributed by atoms with E-state index in [-0.39, 0.29) is 5.89 Å². The van der Waals surface area contributed by atoms with E-state index in [2.05, 4.69) is 25.3 Å². The second-order valence-corrected chi connectivity index (χ2v) is 5.79. The average molecular weight is 353 g/mol. The monoisotopic (exact) mass is 352 g/mol. The van der Waals surface area contributed by atoms with Crippen LogP contribution in [0.15, 0.2) is 53.1 Å². The first-order valence-corrected chi connectivity index (χ1v) is 7.98. The van der Waals surface area contributed by atoms with E-state index >= 15 is 0 Å². The van der Waals surface area contributed by atoms with Crippen LogP contribution < -0.4 is 0 Å². The summed E-state index contributed by atoms with van der Waals surface area (Å²) < 4.78 is 7.46. The van der Waals surface area contributed by atoms with Crippen LogP contribution in [0.4, 0.5) is 0 Å². The van der Waals surface area contributed by atoms with Crippen molar-refractivity contribution in [2.45, 2.75) is 13.5 Å². The lowest BCUT2D eigenvalue weighted by molar-refractivity contribution is 0.576. The SMILES string of the molecule is Cc1nc(-c2nnc(-c3ccccc3)o2)nn1Cc1ccnc(Cl)c1. The Kier molecular flexibility index (Phi) is 3.99. The van der Waals surface area contributed by atoms with Gasteiger partial charge in [0.1, 0.15) is 11.0 Å². The molecule has 0 aliphatic carbocycles. The Balaban J connectivity index is 1.61. The van der Waals surface area contributed by atoms with Crippen LogP contribution in [0.5, 0.6) is 0 Å². The number of pyridine rings is 1. The Labute approximate surface area is 148 Å². The molecule has 3 aromatic heterocycles. The van der Waals surface area contributed by atoms with Gasteiger partial charge in [0.05, 0.1) is 6.54 Å². The predicted molar refractivity (Wildman–Crippen MR) is 91.8 cm³/mol. The van der Waals surface area contributed by atoms with Crippen LogP contribution in [-0.4, -0.2) is 29.9 Å². The first-order valence-electron chi connectivity index (χ1n) is 7.60. The molecule has 0 fully saturated rings. The van der Waals surface area contributed by atoms with Crippen LogP contribution in [0.3, 0.4) is 0 Å². The highest BCUT2D eigenvalue weighted by atomic mass is 35.5. The Morgan fingerprint density at radius 1 is 1.08 bits per heavy atom. The number of rotatable bonds is 4. The van der Waals surface area contributed by atoms with Crippen molar-refractivity contribution in [1.29, 1.82) is 0 Å². The molecular formula is C17H13ClN6O. The van der Waals surface area contributed by atoms with E-state index < -0.39 is 0 Å². The molecule has 0 saturated heterocycles. The summed E-state index contributed by atoms with van der Waals surface area (Å²) in [6, 6.07) is 13.2. The number of aryl methyl sites for hydroxylation is 1. The Morgan fingerprint density at radius 3 is 2.68 bits per heavy atom. The summed E-state index contributed by atoms with van der Waals surface area (Å²) >= 11 is 5.92. The van der Waals surface area contributed by atoms with Crippen LogP contribution in [-0.2, 0) is 6.54 Å². The lowest BCUT2D eigenvalue weighted by Gasteiger charge is -2.02. The second kappa shape index (κ2) is 6.45. The second-order valence-electron chi connectivity index (χ2n) is 5.41. The van der Waals surface area contributed by atoms with Gasteiger partial charge in [-0.25, -0.2) is 14.6 Å². The molecule has 1 aromatic carbocycles. The fourth-order valence-corrected chi connectivity index (χ4v) is 2.58. The molecule has 4 rings (SSSR count). The normalized spacial score (nSPS) is 11.0. The van der Waals surface area contributed by atoms with Crippen molar-refractivity contribution in [2.24, 2.45) is 0 Å². The van der Waals surface area contributed by atoms with Crippen LogP contribution >= 0.6 is 11.6 Å². The highest BCUT2D eigenvalue weighted by molar-refractivity contribution is 6.29. The summed E-state index contributed by atoms with van der Waals surface area (Å²) in [5.74, 6) is 1.86. The average Bonchev–Trinajstić information content (AvgIpc) is 3.23. The maximum Gasteiger partial charge on any atom is 0.287 e. The summed E-state index contributed by atoms with van der Waals surface area (Å²) in [4.78, 5) is 8.39. The number of aromatic nitrogens is 6. The maximum absolute atomic E-state index is 5.92. The topological polar surface area (TPSA) is 82.5 Å². The van der Waals surface area contributed by atoms with E-state index in [9.17, 15) is 0 Å². The fourth-order valence-electron chi connectivity index (χ4n) is 2.39. The van der Waals surface area contributed by atoms with Crippen LogP contribution in [0.2, 0.25) is 5.15 Å². The van der Waals surface area contributed by atoms with Crippen molar-refractivity contribution >= 4 is 11.6 Å². The van der Waals surface area contributed by atoms with E-state index in [1.54, 1.807) is 16.9 Å². The highest BCUT2D eigenvalue weighted by Crippen LogP contribution is 2.22. The molecule has 124 valence electrons. The zero-order valence-corrected chi connectivity index (χ0v) is 14.1. The fraction of sp³-hybridized carbons (Fsp3) is 0.118. The van der Waals surface area contributed by atoms with E-state index in [0.29, 0.717) is 23.4 Å². The largest absolute Gasteiger partial charge is 0.413 e. The lowest BCUT2D eigenvalue weighted by Crippen LogP contribution is -2.04. The van der Waals surface area contributed by atoms with Gasteiger partial charge >= 0.3 is 0 Å². The molecule has 0 spiro atoms. The quantitative estimate of drug-likeness (QED) is 0.523. The standard InChI is InChI=1S/C17H13ClN6O/c1-11-20-15(23-24(11)10-12-7-8-19-14(18)9-12)17-22-21-16(25-17)13-5-3-2-4-6-13/h2-9H,10H2,1H3. The first-order chi connectivity index (χ1) is 12.2. The van der Waals surface area contributed by atoms with Gasteiger partial charge in [0.2, 0.25) is 11.7 Å². The van der Waals surface area contributed by atoms with E-state index in [4.69, 9.17) is 16.0 Å². The molecular weight excluding hydrogens is 340 g/mol. The molecule has 0 aliphatic rings. The molecule has 3 heterocycles. The summed E-state index contributed by atoms with van der Waals surface area (Å²) in [5.41, 5.74) is 1.83. The third-order valence-electron chi connectivity index (χ3n) is 3.62. The summed E-state index contributed by atoms with van der Waals surface area (Å²) in [7, 11) is 0. The van der Waals surface area contributed by atoms with Crippen molar-refractivity contribution in [2.75, 3.05) is 0 Å². The van der Waals surface area contributed by atoms with Crippen molar-refractivity contribution in [1.82, 2.24) is 29.9 Å². The van der Waals surface area contributed by atoms with Gasteiger partial charge in [-0.3, -0.25) is 0 Å². The molecule has 0 aliphatic heterocycles. The third-order valence-corrected chi connectivity index (χ3v) is 3.82. The van der Waals surface area contributed by atoms with Crippen molar-refractivity contribution in [3.63, 3.8) is 0 Å². The van der Waals surface area contributed by atoms with Crippen molar-refractivity contribution < 1.29 is 4.42 Å². The maximum atomic E-state index is 5.92. The summed E-state index contributed by atoms with van der Waals surface area (Å²) in [6.07, 6.45) is 1.66. The van der Waals surface area contributed by atoms with Crippen LogP contribution in [0.25, 0.3) is 23.2 Å². The molecule has 0 atom stereocenters. The molecule has 4 aromatic rings. The molecule has 0 N–H and O–H groups in total. The Bertz CT molecular complexity index is 1010. The van der Waals surface area contributed by atoms with Gasteiger partial charge in [-0.15, -0.1) is 15.3 Å². The number of nitrogens with zero attached hydrogens (tertiary/aromatic N) is 6. The van der Waals surface area contributed by atoms with Crippen molar-refractivity contribution in [3.05, 3.63) is 65.2 Å². The number of halogens is 1.